The van der Waals surface area contributed by atoms with E-state index in [4.69, 9.17) is 4.74 Å². The predicted molar refractivity (Wildman–Crippen MR) is 79.1 cm³/mol. The van der Waals surface area contributed by atoms with Gasteiger partial charge >= 0.3 is 5.97 Å². The van der Waals surface area contributed by atoms with Crippen LogP contribution in [-0.4, -0.2) is 35.9 Å². The average molecular weight is 347 g/mol. The molecule has 6 heteroatoms. The molecule has 3 N–H and O–H groups in total. The Morgan fingerprint density at radius 2 is 2.00 bits per heavy atom. The smallest absolute Gasteiger partial charge is 0.365 e. The molecule has 0 amide bonds. The molecule has 0 aliphatic rings. The topological polar surface area (TPSA) is 71.0 Å². The molecule has 0 aliphatic heterocycles. The Bertz CT molecular complexity index is 436. The van der Waals surface area contributed by atoms with Crippen molar-refractivity contribution >= 4 is 39.4 Å². The maximum Gasteiger partial charge on any atom is 0.365 e. The van der Waals surface area contributed by atoms with Crippen molar-refractivity contribution in [2.24, 2.45) is 0 Å². The van der Waals surface area contributed by atoms with Crippen LogP contribution in [0.3, 0.4) is 0 Å². The molecule has 0 aliphatic carbocycles. The Kier molecular flexibility index (Phi) is 7.12. The summed E-state index contributed by atoms with van der Waals surface area (Å²) in [5.41, 5.74) is 4.40. The molecule has 1 rings (SSSR count). The highest BCUT2D eigenvalue weighted by Crippen LogP contribution is 2.13. The predicted octanol–water partition coefficient (Wildman–Crippen LogP) is 1.54. The molecule has 1 aromatic rings. The van der Waals surface area contributed by atoms with Crippen molar-refractivity contribution in [3.63, 3.8) is 0 Å². The van der Waals surface area contributed by atoms with E-state index in [0.717, 1.165) is 4.47 Å². The molecule has 1 aromatic carbocycles. The van der Waals surface area contributed by atoms with Crippen LogP contribution in [0, 0.1) is 0 Å². The van der Waals surface area contributed by atoms with Crippen molar-refractivity contribution in [1.82, 2.24) is 0 Å². The molecule has 4 nitrogen and oxygen atoms in total. The summed E-state index contributed by atoms with van der Waals surface area (Å²) in [5, 5.41) is 0. The van der Waals surface area contributed by atoms with E-state index in [1.807, 2.05) is 12.1 Å². The van der Waals surface area contributed by atoms with Gasteiger partial charge in [-0.25, -0.2) is 4.79 Å². The molecule has 0 aromatic heterocycles. The number of hydrogen-bond acceptors (Lipinski definition) is 4. The molecule has 1 atom stereocenters. The van der Waals surface area contributed by atoms with Gasteiger partial charge in [-0.1, -0.05) is 28.1 Å². The number of benzene rings is 1. The molecule has 0 saturated carbocycles. The van der Waals surface area contributed by atoms with Crippen molar-refractivity contribution in [2.75, 3.05) is 18.1 Å². The first-order valence-corrected chi connectivity index (χ1v) is 7.85. The van der Waals surface area contributed by atoms with Crippen LogP contribution in [0.4, 0.5) is 0 Å². The fourth-order valence-electron chi connectivity index (χ4n) is 1.34. The van der Waals surface area contributed by atoms with Crippen LogP contribution in [0.1, 0.15) is 17.3 Å². The summed E-state index contributed by atoms with van der Waals surface area (Å²) in [5.74, 6) is 0.563. The summed E-state index contributed by atoms with van der Waals surface area (Å²) in [4.78, 5) is 23.2. The van der Waals surface area contributed by atoms with Gasteiger partial charge in [-0.15, -0.1) is 11.8 Å². The van der Waals surface area contributed by atoms with Gasteiger partial charge in [0.05, 0.1) is 18.1 Å². The minimum atomic E-state index is -0.428. The molecule has 0 radical (unpaired) electrons. The number of thioether (sulfide) groups is 1. The summed E-state index contributed by atoms with van der Waals surface area (Å²) in [6.45, 7) is 2.11. The molecule has 0 fully saturated rings. The first-order valence-electron chi connectivity index (χ1n) is 5.90. The lowest BCUT2D eigenvalue weighted by molar-refractivity contribution is -0.401. The maximum absolute atomic E-state index is 11.9. The lowest BCUT2D eigenvalue weighted by Crippen LogP contribution is -2.66. The maximum atomic E-state index is 11.9. The highest BCUT2D eigenvalue weighted by molar-refractivity contribution is 9.10. The van der Waals surface area contributed by atoms with Crippen LogP contribution >= 0.6 is 27.7 Å². The Morgan fingerprint density at radius 3 is 2.58 bits per heavy atom. The van der Waals surface area contributed by atoms with E-state index in [0.29, 0.717) is 23.7 Å². The number of carbonyl (C=O) groups excluding carboxylic acids is 2. The second-order valence-electron chi connectivity index (χ2n) is 3.89. The minimum absolute atomic E-state index is 0.0496. The van der Waals surface area contributed by atoms with Crippen molar-refractivity contribution in [1.29, 1.82) is 0 Å². The number of ether oxygens (including phenoxy) is 1. The van der Waals surface area contributed by atoms with E-state index in [2.05, 4.69) is 21.7 Å². The van der Waals surface area contributed by atoms with Gasteiger partial charge in [0.25, 0.3) is 0 Å². The molecule has 0 spiro atoms. The lowest BCUT2D eigenvalue weighted by atomic mass is 10.2. The molecule has 104 valence electrons. The Labute approximate surface area is 125 Å². The molecule has 0 unspecified atom stereocenters. The van der Waals surface area contributed by atoms with E-state index in [9.17, 15) is 9.59 Å². The third kappa shape index (κ3) is 5.76. The zero-order valence-electron chi connectivity index (χ0n) is 10.7. The van der Waals surface area contributed by atoms with Crippen molar-refractivity contribution < 1.29 is 20.1 Å². The zero-order valence-corrected chi connectivity index (χ0v) is 13.1. The minimum Gasteiger partial charge on any atom is -0.462 e. The lowest BCUT2D eigenvalue weighted by Gasteiger charge is -2.07. The third-order valence-electron chi connectivity index (χ3n) is 2.34. The number of quaternary nitrogens is 1. The van der Waals surface area contributed by atoms with Crippen LogP contribution < -0.4 is 5.73 Å². The highest BCUT2D eigenvalue weighted by atomic mass is 79.9. The molecule has 0 heterocycles. The highest BCUT2D eigenvalue weighted by Gasteiger charge is 2.19. The summed E-state index contributed by atoms with van der Waals surface area (Å²) in [6, 6.07) is 6.80. The number of Topliss-reactive ketones (excluding diaryl/α,β-unsaturated/α-hetero) is 1. The van der Waals surface area contributed by atoms with E-state index >= 15 is 0 Å². The van der Waals surface area contributed by atoms with Gasteiger partial charge in [-0.2, -0.15) is 0 Å². The fraction of sp³-hybridized carbons (Fsp3) is 0.385. The summed E-state index contributed by atoms with van der Waals surface area (Å²) >= 11 is 4.72. The monoisotopic (exact) mass is 346 g/mol. The first-order chi connectivity index (χ1) is 9.04. The van der Waals surface area contributed by atoms with Crippen molar-refractivity contribution in [3.05, 3.63) is 34.3 Å². The summed E-state index contributed by atoms with van der Waals surface area (Å²) < 4.78 is 5.80. The SMILES string of the molecule is CCOC(=O)[C@@H]([NH3+])CSCC(=O)c1ccc(Br)cc1. The van der Waals surface area contributed by atoms with E-state index < -0.39 is 6.04 Å². The van der Waals surface area contributed by atoms with Crippen LogP contribution in [0.2, 0.25) is 0 Å². The number of hydrogen-bond donors (Lipinski definition) is 1. The first kappa shape index (κ1) is 16.2. The molecule has 0 bridgehead atoms. The van der Waals surface area contributed by atoms with Gasteiger partial charge in [0, 0.05) is 10.0 Å². The van der Waals surface area contributed by atoms with Crippen LogP contribution in [0.15, 0.2) is 28.7 Å². The van der Waals surface area contributed by atoms with Gasteiger partial charge in [-0.3, -0.25) is 4.79 Å². The molecular weight excluding hydrogens is 330 g/mol. The van der Waals surface area contributed by atoms with Crippen LogP contribution in [0.5, 0.6) is 0 Å². The van der Waals surface area contributed by atoms with Crippen LogP contribution in [0.25, 0.3) is 0 Å². The molecular formula is C13H17BrNO3S+. The van der Waals surface area contributed by atoms with E-state index in [1.165, 1.54) is 11.8 Å². The van der Waals surface area contributed by atoms with Crippen LogP contribution in [-0.2, 0) is 9.53 Å². The van der Waals surface area contributed by atoms with E-state index in [-0.39, 0.29) is 11.8 Å². The van der Waals surface area contributed by atoms with Gasteiger partial charge in [0.1, 0.15) is 0 Å². The third-order valence-corrected chi connectivity index (χ3v) is 3.97. The summed E-state index contributed by atoms with van der Waals surface area (Å²) in [6.07, 6.45) is 0. The molecule has 19 heavy (non-hydrogen) atoms. The Hall–Kier alpha value is -0.850. The second-order valence-corrected chi connectivity index (χ2v) is 5.84. The van der Waals surface area contributed by atoms with Gasteiger partial charge in [0.2, 0.25) is 0 Å². The Balaban J connectivity index is 2.35. The number of halogens is 1. The summed E-state index contributed by atoms with van der Waals surface area (Å²) in [7, 11) is 0. The second kappa shape index (κ2) is 8.35. The van der Waals surface area contributed by atoms with Gasteiger partial charge < -0.3 is 10.5 Å². The van der Waals surface area contributed by atoms with Gasteiger partial charge in [0.15, 0.2) is 11.8 Å². The largest absolute Gasteiger partial charge is 0.462 e. The standard InChI is InChI=1S/C13H16BrNO3S/c1-2-18-13(17)11(15)7-19-8-12(16)9-3-5-10(14)6-4-9/h3-6,11H,2,7-8,15H2,1H3/p+1/t11-/m0/s1. The quantitative estimate of drug-likeness (QED) is 0.600. The molecule has 0 saturated heterocycles. The van der Waals surface area contributed by atoms with Crippen molar-refractivity contribution in [2.45, 2.75) is 13.0 Å². The van der Waals surface area contributed by atoms with Crippen molar-refractivity contribution in [3.8, 4) is 0 Å². The van der Waals surface area contributed by atoms with Gasteiger partial charge in [-0.05, 0) is 19.1 Å². The van der Waals surface area contributed by atoms with E-state index in [1.54, 1.807) is 19.1 Å². The zero-order chi connectivity index (χ0) is 14.3. The average Bonchev–Trinajstić information content (AvgIpc) is 2.39. The number of ketones is 1. The fourth-order valence-corrected chi connectivity index (χ4v) is 2.50. The number of rotatable bonds is 7. The number of carbonyl (C=O) groups is 2. The Morgan fingerprint density at radius 1 is 1.37 bits per heavy atom. The normalized spacial score (nSPS) is 11.9. The number of esters is 1.